The molecular weight excluding hydrogens is 366 g/mol. The van der Waals surface area contributed by atoms with Gasteiger partial charge < -0.3 is 15.1 Å². The van der Waals surface area contributed by atoms with Crippen molar-refractivity contribution in [2.75, 3.05) is 6.54 Å². The van der Waals surface area contributed by atoms with Crippen LogP contribution in [0, 0.1) is 0 Å². The van der Waals surface area contributed by atoms with Crippen LogP contribution in [-0.2, 0) is 0 Å². The number of rotatable bonds is 3. The molecule has 0 bridgehead atoms. The van der Waals surface area contributed by atoms with E-state index >= 15 is 0 Å². The number of hydrogen-bond donors (Lipinski definition) is 3. The Bertz CT molecular complexity index is 971. The lowest BCUT2D eigenvalue weighted by Crippen LogP contribution is -2.30. The number of phenolic OH excluding ortho intramolecular Hbond substituents is 2. The molecule has 2 heterocycles. The first-order valence-electron chi connectivity index (χ1n) is 8.66. The molecule has 1 saturated heterocycles. The number of phenols is 2. The Morgan fingerprint density at radius 1 is 1.15 bits per heavy atom. The van der Waals surface area contributed by atoms with Gasteiger partial charge >= 0.3 is 0 Å². The highest BCUT2D eigenvalue weighted by molar-refractivity contribution is 6.32. The van der Waals surface area contributed by atoms with Crippen LogP contribution in [0.15, 0.2) is 48.8 Å². The van der Waals surface area contributed by atoms with Gasteiger partial charge in [0, 0.05) is 24.4 Å². The zero-order chi connectivity index (χ0) is 19.0. The maximum atomic E-state index is 13.0. The molecule has 1 fully saturated rings. The molecule has 3 N–H and O–H groups in total. The molecule has 1 aliphatic rings. The first-order valence-corrected chi connectivity index (χ1v) is 9.04. The van der Waals surface area contributed by atoms with Gasteiger partial charge in [0.1, 0.15) is 11.5 Å². The molecule has 3 aromatic rings. The fraction of sp³-hybridized carbons (Fsp3) is 0.200. The van der Waals surface area contributed by atoms with Gasteiger partial charge in [-0.1, -0.05) is 35.9 Å². The number of amides is 1. The monoisotopic (exact) mass is 383 g/mol. The van der Waals surface area contributed by atoms with Gasteiger partial charge in [0.25, 0.3) is 5.91 Å². The Hall–Kier alpha value is -2.99. The van der Waals surface area contributed by atoms with Crippen molar-refractivity contribution in [3.8, 4) is 22.6 Å². The van der Waals surface area contributed by atoms with E-state index in [-0.39, 0.29) is 34.0 Å². The highest BCUT2D eigenvalue weighted by atomic mass is 35.5. The number of benzene rings is 2. The Balaban J connectivity index is 1.61. The molecule has 138 valence electrons. The second kappa shape index (κ2) is 6.96. The maximum Gasteiger partial charge on any atom is 0.258 e. The second-order valence-electron chi connectivity index (χ2n) is 6.59. The number of aromatic hydroxyl groups is 2. The molecule has 0 aliphatic carbocycles. The summed E-state index contributed by atoms with van der Waals surface area (Å²) < 4.78 is 0. The highest BCUT2D eigenvalue weighted by Crippen LogP contribution is 2.37. The Labute approximate surface area is 161 Å². The molecule has 2 aromatic carbocycles. The minimum Gasteiger partial charge on any atom is -0.507 e. The molecule has 1 atom stereocenters. The summed E-state index contributed by atoms with van der Waals surface area (Å²) in [5.41, 5.74) is 3.19. The molecule has 1 aliphatic heterocycles. The van der Waals surface area contributed by atoms with Crippen molar-refractivity contribution in [3.05, 3.63) is 64.9 Å². The third kappa shape index (κ3) is 3.24. The Morgan fingerprint density at radius 2 is 1.93 bits per heavy atom. The average molecular weight is 384 g/mol. The topological polar surface area (TPSA) is 89.4 Å². The van der Waals surface area contributed by atoms with Crippen molar-refractivity contribution < 1.29 is 15.0 Å². The normalized spacial score (nSPS) is 16.6. The van der Waals surface area contributed by atoms with Gasteiger partial charge in [-0.3, -0.25) is 9.89 Å². The first kappa shape index (κ1) is 17.4. The van der Waals surface area contributed by atoms with E-state index in [4.69, 9.17) is 11.6 Å². The van der Waals surface area contributed by atoms with Gasteiger partial charge in [0.15, 0.2) is 0 Å². The van der Waals surface area contributed by atoms with Crippen LogP contribution >= 0.6 is 11.6 Å². The van der Waals surface area contributed by atoms with Crippen molar-refractivity contribution >= 4 is 17.5 Å². The summed E-state index contributed by atoms with van der Waals surface area (Å²) in [6.45, 7) is 0.602. The quantitative estimate of drug-likeness (QED) is 0.634. The zero-order valence-electron chi connectivity index (χ0n) is 14.4. The van der Waals surface area contributed by atoms with Crippen LogP contribution in [0.3, 0.4) is 0 Å². The van der Waals surface area contributed by atoms with Crippen LogP contribution in [0.4, 0.5) is 0 Å². The summed E-state index contributed by atoms with van der Waals surface area (Å²) in [6.07, 6.45) is 5.32. The van der Waals surface area contributed by atoms with Crippen molar-refractivity contribution in [1.29, 1.82) is 0 Å². The van der Waals surface area contributed by atoms with Crippen molar-refractivity contribution in [2.45, 2.75) is 18.9 Å². The number of nitrogens with zero attached hydrogens (tertiary/aromatic N) is 2. The molecule has 1 amide bonds. The fourth-order valence-electron chi connectivity index (χ4n) is 3.54. The molecule has 4 rings (SSSR count). The Morgan fingerprint density at radius 3 is 2.63 bits per heavy atom. The summed E-state index contributed by atoms with van der Waals surface area (Å²) >= 11 is 5.92. The first-order chi connectivity index (χ1) is 13.0. The number of carbonyl (C=O) groups is 1. The largest absolute Gasteiger partial charge is 0.507 e. The van der Waals surface area contributed by atoms with Crippen molar-refractivity contribution in [1.82, 2.24) is 15.1 Å². The van der Waals surface area contributed by atoms with E-state index < -0.39 is 0 Å². The molecule has 1 unspecified atom stereocenters. The van der Waals surface area contributed by atoms with E-state index in [1.807, 2.05) is 30.5 Å². The third-order valence-electron chi connectivity index (χ3n) is 4.94. The molecule has 27 heavy (non-hydrogen) atoms. The summed E-state index contributed by atoms with van der Waals surface area (Å²) in [6, 6.07) is 10.4. The van der Waals surface area contributed by atoms with Crippen LogP contribution in [0.5, 0.6) is 11.5 Å². The smallest absolute Gasteiger partial charge is 0.258 e. The average Bonchev–Trinajstić information content (AvgIpc) is 3.36. The van der Waals surface area contributed by atoms with Crippen LogP contribution in [-0.4, -0.2) is 37.8 Å². The molecule has 0 spiro atoms. The minimum absolute atomic E-state index is 0.0383. The number of aromatic nitrogens is 2. The van der Waals surface area contributed by atoms with Gasteiger partial charge in [-0.15, -0.1) is 0 Å². The number of halogens is 1. The molecule has 7 heteroatoms. The maximum absolute atomic E-state index is 13.0. The summed E-state index contributed by atoms with van der Waals surface area (Å²) in [5, 5.41) is 26.4. The minimum atomic E-state index is -0.296. The number of likely N-dealkylation sites (tertiary alicyclic amines) is 1. The summed E-state index contributed by atoms with van der Waals surface area (Å²) in [7, 11) is 0. The highest BCUT2D eigenvalue weighted by Gasteiger charge is 2.32. The predicted octanol–water partition coefficient (Wildman–Crippen LogP) is 4.12. The van der Waals surface area contributed by atoms with E-state index in [9.17, 15) is 15.0 Å². The lowest BCUT2D eigenvalue weighted by atomic mass is 10.0. The number of carbonyl (C=O) groups excluding carboxylic acids is 1. The number of nitrogens with one attached hydrogen (secondary N) is 1. The van der Waals surface area contributed by atoms with Gasteiger partial charge in [-0.2, -0.15) is 5.10 Å². The lowest BCUT2D eigenvalue weighted by Gasteiger charge is -2.26. The summed E-state index contributed by atoms with van der Waals surface area (Å²) in [4.78, 5) is 14.7. The molecule has 6 nitrogen and oxygen atoms in total. The van der Waals surface area contributed by atoms with Gasteiger partial charge in [0.05, 0.1) is 22.8 Å². The van der Waals surface area contributed by atoms with Crippen molar-refractivity contribution in [3.63, 3.8) is 0 Å². The molecule has 0 saturated carbocycles. The fourth-order valence-corrected chi connectivity index (χ4v) is 3.70. The van der Waals surface area contributed by atoms with Gasteiger partial charge in [0.2, 0.25) is 0 Å². The predicted molar refractivity (Wildman–Crippen MR) is 102 cm³/mol. The summed E-state index contributed by atoms with van der Waals surface area (Å²) in [5.74, 6) is -0.822. The molecular formula is C20H18ClN3O3. The van der Waals surface area contributed by atoms with E-state index in [1.165, 1.54) is 6.07 Å². The van der Waals surface area contributed by atoms with Crippen LogP contribution in [0.25, 0.3) is 11.1 Å². The van der Waals surface area contributed by atoms with E-state index in [1.54, 1.807) is 11.1 Å². The van der Waals surface area contributed by atoms with Crippen molar-refractivity contribution in [2.24, 2.45) is 0 Å². The van der Waals surface area contributed by atoms with E-state index in [0.717, 1.165) is 35.6 Å². The number of H-pyrrole nitrogens is 1. The van der Waals surface area contributed by atoms with E-state index in [0.29, 0.717) is 6.54 Å². The van der Waals surface area contributed by atoms with Crippen LogP contribution in [0.2, 0.25) is 5.02 Å². The standard InChI is InChI=1S/C20H18ClN3O3/c21-16-8-15(18(25)9-19(16)26)20(27)24-7-1-2-17(24)13-5-3-12(4-6-13)14-10-22-23-11-14/h3-6,8-11,17,25-26H,1-2,7H2,(H,22,23). The van der Waals surface area contributed by atoms with Gasteiger partial charge in [-0.25, -0.2) is 0 Å². The molecule has 0 radical (unpaired) electrons. The van der Waals surface area contributed by atoms with Gasteiger partial charge in [-0.05, 0) is 30.0 Å². The Kier molecular flexibility index (Phi) is 4.49. The number of aromatic amines is 1. The van der Waals surface area contributed by atoms with E-state index in [2.05, 4.69) is 10.2 Å². The number of hydrogen-bond acceptors (Lipinski definition) is 4. The SMILES string of the molecule is O=C(c1cc(Cl)c(O)cc1O)N1CCCC1c1ccc(-c2cn[nH]c2)cc1. The molecule has 1 aromatic heterocycles. The lowest BCUT2D eigenvalue weighted by molar-refractivity contribution is 0.0732. The van der Waals surface area contributed by atoms with Crippen LogP contribution in [0.1, 0.15) is 34.8 Å². The third-order valence-corrected chi connectivity index (χ3v) is 5.24. The van der Waals surface area contributed by atoms with Crippen LogP contribution < -0.4 is 0 Å². The second-order valence-corrected chi connectivity index (χ2v) is 6.99. The zero-order valence-corrected chi connectivity index (χ0v) is 15.1.